The molecule has 2 aromatic carbocycles. The molecule has 0 aliphatic heterocycles. The fraction of sp³-hybridized carbons (Fsp3) is 0.125. The van der Waals surface area contributed by atoms with Gasteiger partial charge in [0.05, 0.1) is 5.71 Å². The largest absolute Gasteiger partial charge is 0.271 e. The summed E-state index contributed by atoms with van der Waals surface area (Å²) in [6.45, 7) is 3.81. The van der Waals surface area contributed by atoms with Crippen molar-refractivity contribution in [3.63, 3.8) is 0 Å². The van der Waals surface area contributed by atoms with Crippen molar-refractivity contribution in [3.8, 4) is 0 Å². The van der Waals surface area contributed by atoms with Gasteiger partial charge in [-0.3, -0.25) is 4.79 Å². The minimum atomic E-state index is -0.224. The Bertz CT molecular complexity index is 631. The number of rotatable bonds is 3. The quantitative estimate of drug-likeness (QED) is 0.677. The molecule has 0 spiro atoms. The number of halogens is 1. The molecular formula is C16H15ClN2O. The van der Waals surface area contributed by atoms with E-state index in [1.165, 1.54) is 0 Å². The van der Waals surface area contributed by atoms with Crippen LogP contribution in [0.2, 0.25) is 5.02 Å². The molecule has 0 atom stereocenters. The molecule has 3 nitrogen and oxygen atoms in total. The van der Waals surface area contributed by atoms with Gasteiger partial charge in [0.1, 0.15) is 0 Å². The van der Waals surface area contributed by atoms with Crippen LogP contribution in [0.25, 0.3) is 0 Å². The molecule has 4 heteroatoms. The lowest BCUT2D eigenvalue weighted by atomic mass is 10.1. The van der Waals surface area contributed by atoms with E-state index < -0.39 is 0 Å². The molecular weight excluding hydrogens is 272 g/mol. The molecule has 0 saturated carbocycles. The zero-order valence-corrected chi connectivity index (χ0v) is 12.1. The topological polar surface area (TPSA) is 41.5 Å². The zero-order valence-electron chi connectivity index (χ0n) is 11.4. The maximum absolute atomic E-state index is 11.9. The SMILES string of the molecule is CC(=NNC(=O)c1ccc(C)cc1)c1ccc(Cl)cc1. The van der Waals surface area contributed by atoms with Gasteiger partial charge in [0, 0.05) is 10.6 Å². The number of hydrazone groups is 1. The molecule has 0 bridgehead atoms. The maximum atomic E-state index is 11.9. The van der Waals surface area contributed by atoms with Crippen molar-refractivity contribution in [1.82, 2.24) is 5.43 Å². The second kappa shape index (κ2) is 6.35. The van der Waals surface area contributed by atoms with E-state index in [9.17, 15) is 4.79 Å². The Morgan fingerprint density at radius 3 is 2.15 bits per heavy atom. The van der Waals surface area contributed by atoms with Gasteiger partial charge in [-0.1, -0.05) is 41.4 Å². The highest BCUT2D eigenvalue weighted by Crippen LogP contribution is 2.10. The molecule has 1 amide bonds. The van der Waals surface area contributed by atoms with Crippen molar-refractivity contribution >= 4 is 23.2 Å². The van der Waals surface area contributed by atoms with E-state index in [-0.39, 0.29) is 5.91 Å². The zero-order chi connectivity index (χ0) is 14.5. The van der Waals surface area contributed by atoms with Crippen molar-refractivity contribution < 1.29 is 4.79 Å². The number of carbonyl (C=O) groups is 1. The Hall–Kier alpha value is -2.13. The highest BCUT2D eigenvalue weighted by Gasteiger charge is 2.04. The minimum Gasteiger partial charge on any atom is -0.267 e. The Labute approximate surface area is 123 Å². The molecule has 0 aliphatic carbocycles. The Morgan fingerprint density at radius 2 is 1.55 bits per heavy atom. The second-order valence-corrected chi connectivity index (χ2v) is 4.95. The minimum absolute atomic E-state index is 0.224. The summed E-state index contributed by atoms with van der Waals surface area (Å²) in [7, 11) is 0. The van der Waals surface area contributed by atoms with Gasteiger partial charge in [0.15, 0.2) is 0 Å². The standard InChI is InChI=1S/C16H15ClN2O/c1-11-3-5-14(6-4-11)16(20)19-18-12(2)13-7-9-15(17)10-8-13/h3-10H,1-2H3,(H,19,20). The average molecular weight is 287 g/mol. The number of hydrogen-bond donors (Lipinski definition) is 1. The molecule has 0 unspecified atom stereocenters. The van der Waals surface area contributed by atoms with Crippen molar-refractivity contribution in [2.45, 2.75) is 13.8 Å². The fourth-order valence-electron chi connectivity index (χ4n) is 1.66. The lowest BCUT2D eigenvalue weighted by Gasteiger charge is -2.03. The molecule has 0 saturated heterocycles. The first-order valence-electron chi connectivity index (χ1n) is 6.23. The normalized spacial score (nSPS) is 11.2. The molecule has 2 aromatic rings. The molecule has 0 aromatic heterocycles. The molecule has 0 aliphatic rings. The van der Waals surface area contributed by atoms with Crippen molar-refractivity contribution in [2.24, 2.45) is 5.10 Å². The number of aryl methyl sites for hydroxylation is 1. The van der Waals surface area contributed by atoms with E-state index in [0.29, 0.717) is 10.6 Å². The van der Waals surface area contributed by atoms with Gasteiger partial charge in [-0.25, -0.2) is 5.43 Å². The monoisotopic (exact) mass is 286 g/mol. The maximum Gasteiger partial charge on any atom is 0.271 e. The number of benzene rings is 2. The van der Waals surface area contributed by atoms with Gasteiger partial charge >= 0.3 is 0 Å². The first-order chi connectivity index (χ1) is 9.56. The van der Waals surface area contributed by atoms with Gasteiger partial charge in [-0.05, 0) is 43.7 Å². The molecule has 20 heavy (non-hydrogen) atoms. The highest BCUT2D eigenvalue weighted by atomic mass is 35.5. The third kappa shape index (κ3) is 3.68. The van der Waals surface area contributed by atoms with Gasteiger partial charge < -0.3 is 0 Å². The third-order valence-electron chi connectivity index (χ3n) is 2.90. The molecule has 1 N–H and O–H groups in total. The molecule has 0 fully saturated rings. The van der Waals surface area contributed by atoms with Crippen LogP contribution in [0.15, 0.2) is 53.6 Å². The summed E-state index contributed by atoms with van der Waals surface area (Å²) in [5.74, 6) is -0.224. The van der Waals surface area contributed by atoms with Gasteiger partial charge in [-0.15, -0.1) is 0 Å². The van der Waals surface area contributed by atoms with Gasteiger partial charge in [0.2, 0.25) is 0 Å². The van der Waals surface area contributed by atoms with Crippen molar-refractivity contribution in [1.29, 1.82) is 0 Å². The summed E-state index contributed by atoms with van der Waals surface area (Å²) in [6.07, 6.45) is 0. The highest BCUT2D eigenvalue weighted by molar-refractivity contribution is 6.30. The number of hydrogen-bond acceptors (Lipinski definition) is 2. The molecule has 2 rings (SSSR count). The summed E-state index contributed by atoms with van der Waals surface area (Å²) in [5, 5.41) is 4.77. The predicted molar refractivity (Wildman–Crippen MR) is 82.3 cm³/mol. The van der Waals surface area contributed by atoms with Crippen LogP contribution in [0.5, 0.6) is 0 Å². The number of carbonyl (C=O) groups excluding carboxylic acids is 1. The predicted octanol–water partition coefficient (Wildman–Crippen LogP) is 3.80. The number of amides is 1. The van der Waals surface area contributed by atoms with E-state index in [4.69, 9.17) is 11.6 Å². The van der Waals surface area contributed by atoms with Crippen molar-refractivity contribution in [2.75, 3.05) is 0 Å². The van der Waals surface area contributed by atoms with E-state index in [1.54, 1.807) is 24.3 Å². The summed E-state index contributed by atoms with van der Waals surface area (Å²) < 4.78 is 0. The smallest absolute Gasteiger partial charge is 0.267 e. The molecule has 0 heterocycles. The van der Waals surface area contributed by atoms with Crippen LogP contribution < -0.4 is 5.43 Å². The first kappa shape index (κ1) is 14.3. The molecule has 0 radical (unpaired) electrons. The third-order valence-corrected chi connectivity index (χ3v) is 3.15. The lowest BCUT2D eigenvalue weighted by Crippen LogP contribution is -2.19. The summed E-state index contributed by atoms with van der Waals surface area (Å²) in [5.41, 5.74) is 5.89. The van der Waals surface area contributed by atoms with Crippen LogP contribution in [0.4, 0.5) is 0 Å². The van der Waals surface area contributed by atoms with Crippen LogP contribution in [0.3, 0.4) is 0 Å². The number of nitrogens with one attached hydrogen (secondary N) is 1. The van der Waals surface area contributed by atoms with Crippen LogP contribution in [0.1, 0.15) is 28.4 Å². The summed E-state index contributed by atoms with van der Waals surface area (Å²) >= 11 is 5.83. The van der Waals surface area contributed by atoms with Crippen LogP contribution in [-0.2, 0) is 0 Å². The summed E-state index contributed by atoms with van der Waals surface area (Å²) in [6, 6.07) is 14.6. The van der Waals surface area contributed by atoms with Crippen LogP contribution in [0, 0.1) is 6.92 Å². The molecule has 102 valence electrons. The van der Waals surface area contributed by atoms with E-state index in [2.05, 4.69) is 10.5 Å². The lowest BCUT2D eigenvalue weighted by molar-refractivity contribution is 0.0955. The summed E-state index contributed by atoms with van der Waals surface area (Å²) in [4.78, 5) is 11.9. The van der Waals surface area contributed by atoms with Crippen LogP contribution >= 0.6 is 11.6 Å². The van der Waals surface area contributed by atoms with Crippen molar-refractivity contribution in [3.05, 3.63) is 70.2 Å². The second-order valence-electron chi connectivity index (χ2n) is 4.51. The number of nitrogens with zero attached hydrogens (tertiary/aromatic N) is 1. The van der Waals surface area contributed by atoms with Gasteiger partial charge in [-0.2, -0.15) is 5.10 Å². The Kier molecular flexibility index (Phi) is 4.53. The van der Waals surface area contributed by atoms with Crippen LogP contribution in [-0.4, -0.2) is 11.6 Å². The Balaban J connectivity index is 2.06. The van der Waals surface area contributed by atoms with E-state index in [0.717, 1.165) is 16.8 Å². The first-order valence-corrected chi connectivity index (χ1v) is 6.61. The van der Waals surface area contributed by atoms with E-state index >= 15 is 0 Å². The Morgan fingerprint density at radius 1 is 1.00 bits per heavy atom. The van der Waals surface area contributed by atoms with Gasteiger partial charge in [0.25, 0.3) is 5.91 Å². The average Bonchev–Trinajstić information content (AvgIpc) is 2.46. The van der Waals surface area contributed by atoms with E-state index in [1.807, 2.05) is 38.1 Å². The fourth-order valence-corrected chi connectivity index (χ4v) is 1.79.